The Hall–Kier alpha value is -2.15. The molecule has 0 aliphatic heterocycles. The molecule has 5 N–H and O–H groups in total. The Morgan fingerprint density at radius 3 is 2.00 bits per heavy atom. The summed E-state index contributed by atoms with van der Waals surface area (Å²) in [6.45, 7) is 0. The molecule has 0 aliphatic carbocycles. The van der Waals surface area contributed by atoms with Crippen LogP contribution in [0.4, 0.5) is 0 Å². The summed E-state index contributed by atoms with van der Waals surface area (Å²) in [6, 6.07) is 0. The highest BCUT2D eigenvalue weighted by molar-refractivity contribution is 5.73. The monoisotopic (exact) mass is 139 g/mol. The Balaban J connectivity index is 3.90. The van der Waals surface area contributed by atoms with E-state index in [9.17, 15) is 0 Å². The highest BCUT2D eigenvalue weighted by Crippen LogP contribution is 1.67. The Morgan fingerprint density at radius 1 is 1.40 bits per heavy atom. The standard InChI is InChI=1S/C3H5N7/c4-1-8-10(3(6)7)9-2-5/h8-9H,(H3,6,7). The van der Waals surface area contributed by atoms with Crippen LogP contribution in [0.2, 0.25) is 0 Å². The zero-order valence-corrected chi connectivity index (χ0v) is 4.92. The summed E-state index contributed by atoms with van der Waals surface area (Å²) in [5.41, 5.74) is 8.77. The second-order valence-electron chi connectivity index (χ2n) is 1.17. The summed E-state index contributed by atoms with van der Waals surface area (Å²) < 4.78 is 0. The van der Waals surface area contributed by atoms with E-state index in [0.29, 0.717) is 5.12 Å². The predicted molar refractivity (Wildman–Crippen MR) is 31.3 cm³/mol. The van der Waals surface area contributed by atoms with E-state index in [1.54, 1.807) is 0 Å². The molecule has 0 aromatic rings. The van der Waals surface area contributed by atoms with Crippen LogP contribution in [0.25, 0.3) is 0 Å². The number of rotatable bonds is 2. The van der Waals surface area contributed by atoms with Crippen molar-refractivity contribution >= 4 is 5.96 Å². The zero-order valence-electron chi connectivity index (χ0n) is 4.92. The molecule has 0 aliphatic rings. The van der Waals surface area contributed by atoms with E-state index in [4.69, 9.17) is 21.7 Å². The van der Waals surface area contributed by atoms with Gasteiger partial charge in [-0.15, -0.1) is 5.12 Å². The fourth-order valence-corrected chi connectivity index (χ4v) is 0.248. The van der Waals surface area contributed by atoms with Crippen molar-refractivity contribution in [3.63, 3.8) is 0 Å². The van der Waals surface area contributed by atoms with Gasteiger partial charge < -0.3 is 5.73 Å². The molecule has 0 bridgehead atoms. The highest BCUT2D eigenvalue weighted by Gasteiger charge is 2.00. The Bertz CT molecular complexity index is 178. The second-order valence-corrected chi connectivity index (χ2v) is 1.17. The van der Waals surface area contributed by atoms with Crippen LogP contribution in [0.5, 0.6) is 0 Å². The molecule has 0 heterocycles. The van der Waals surface area contributed by atoms with E-state index in [-0.39, 0.29) is 0 Å². The SMILES string of the molecule is N#CNN(NC#N)C(=N)N. The molecule has 7 nitrogen and oxygen atoms in total. The van der Waals surface area contributed by atoms with E-state index in [1.165, 1.54) is 12.4 Å². The van der Waals surface area contributed by atoms with Gasteiger partial charge in [0.2, 0.25) is 5.96 Å². The molecule has 0 spiro atoms. The van der Waals surface area contributed by atoms with Crippen molar-refractivity contribution in [2.45, 2.75) is 0 Å². The van der Waals surface area contributed by atoms with Crippen LogP contribution < -0.4 is 16.6 Å². The molecule has 0 saturated heterocycles. The molecule has 7 heteroatoms. The van der Waals surface area contributed by atoms with Gasteiger partial charge in [-0.2, -0.15) is 10.5 Å². The van der Waals surface area contributed by atoms with Crippen molar-refractivity contribution in [3.05, 3.63) is 0 Å². The normalized spacial score (nSPS) is 6.60. The van der Waals surface area contributed by atoms with Crippen LogP contribution in [0, 0.1) is 28.3 Å². The number of nitrogens with zero attached hydrogens (tertiary/aromatic N) is 3. The van der Waals surface area contributed by atoms with Gasteiger partial charge in [-0.3, -0.25) is 5.41 Å². The lowest BCUT2D eigenvalue weighted by molar-refractivity contribution is 0.306. The summed E-state index contributed by atoms with van der Waals surface area (Å²) in [4.78, 5) is 0. The molecule has 0 aromatic carbocycles. The number of guanidine groups is 1. The number of nitrogens with one attached hydrogen (secondary N) is 3. The summed E-state index contributed by atoms with van der Waals surface area (Å²) in [5, 5.41) is 23.4. The van der Waals surface area contributed by atoms with Gasteiger partial charge >= 0.3 is 0 Å². The molecule has 0 atom stereocenters. The van der Waals surface area contributed by atoms with Crippen LogP contribution in [0.15, 0.2) is 0 Å². The van der Waals surface area contributed by atoms with Gasteiger partial charge in [-0.1, -0.05) is 0 Å². The number of nitrogens with two attached hydrogens (primary N) is 1. The van der Waals surface area contributed by atoms with Crippen molar-refractivity contribution in [1.29, 1.82) is 15.9 Å². The smallest absolute Gasteiger partial charge is 0.229 e. The fraction of sp³-hybridized carbons (Fsp3) is 0. The minimum atomic E-state index is -0.469. The Kier molecular flexibility index (Phi) is 2.99. The Labute approximate surface area is 57.1 Å². The fourth-order valence-electron chi connectivity index (χ4n) is 0.248. The lowest BCUT2D eigenvalue weighted by Crippen LogP contribution is -2.51. The number of nitriles is 2. The molecule has 52 valence electrons. The van der Waals surface area contributed by atoms with Gasteiger partial charge in [-0.05, 0) is 0 Å². The van der Waals surface area contributed by atoms with Crippen LogP contribution >= 0.6 is 0 Å². The molecule has 0 radical (unpaired) electrons. The third-order valence-corrected chi connectivity index (χ3v) is 0.565. The minimum absolute atomic E-state index is 0.469. The predicted octanol–water partition coefficient (Wildman–Crippen LogP) is -1.85. The molecular formula is C3H5N7. The van der Waals surface area contributed by atoms with Crippen molar-refractivity contribution in [3.8, 4) is 12.4 Å². The molecule has 0 aromatic heterocycles. The van der Waals surface area contributed by atoms with Gasteiger partial charge in [-0.25, -0.2) is 10.9 Å². The number of hydrogen-bond acceptors (Lipinski definition) is 5. The van der Waals surface area contributed by atoms with Crippen LogP contribution in [-0.4, -0.2) is 11.1 Å². The third-order valence-electron chi connectivity index (χ3n) is 0.565. The maximum atomic E-state index is 8.01. The van der Waals surface area contributed by atoms with Gasteiger partial charge in [0.15, 0.2) is 12.4 Å². The summed E-state index contributed by atoms with van der Waals surface area (Å²) in [7, 11) is 0. The van der Waals surface area contributed by atoms with Crippen molar-refractivity contribution in [2.24, 2.45) is 5.73 Å². The maximum absolute atomic E-state index is 8.01. The lowest BCUT2D eigenvalue weighted by Gasteiger charge is -2.15. The zero-order chi connectivity index (χ0) is 7.98. The average Bonchev–Trinajstić information content (AvgIpc) is 1.87. The summed E-state index contributed by atoms with van der Waals surface area (Å²) in [5.74, 6) is -0.469. The molecule has 0 rings (SSSR count). The largest absolute Gasteiger partial charge is 0.367 e. The van der Waals surface area contributed by atoms with Crippen LogP contribution in [-0.2, 0) is 0 Å². The first-order valence-corrected chi connectivity index (χ1v) is 2.16. The first kappa shape index (κ1) is 7.85. The van der Waals surface area contributed by atoms with Gasteiger partial charge in [0.05, 0.1) is 0 Å². The number of hydrogen-bond donors (Lipinski definition) is 4. The van der Waals surface area contributed by atoms with Crippen molar-refractivity contribution < 1.29 is 0 Å². The third kappa shape index (κ3) is 2.23. The molecule has 0 unspecified atom stereocenters. The van der Waals surface area contributed by atoms with Crippen LogP contribution in [0.3, 0.4) is 0 Å². The van der Waals surface area contributed by atoms with Gasteiger partial charge in [0.1, 0.15) is 0 Å². The molecule has 0 fully saturated rings. The van der Waals surface area contributed by atoms with Crippen molar-refractivity contribution in [2.75, 3.05) is 0 Å². The molecular weight excluding hydrogens is 134 g/mol. The minimum Gasteiger partial charge on any atom is -0.367 e. The van der Waals surface area contributed by atoms with Crippen LogP contribution in [0.1, 0.15) is 0 Å². The average molecular weight is 139 g/mol. The molecule has 10 heavy (non-hydrogen) atoms. The topological polar surface area (TPSA) is 125 Å². The van der Waals surface area contributed by atoms with E-state index in [1.807, 2.05) is 10.9 Å². The quantitative estimate of drug-likeness (QED) is 0.117. The second kappa shape index (κ2) is 3.80. The van der Waals surface area contributed by atoms with E-state index < -0.39 is 5.96 Å². The van der Waals surface area contributed by atoms with Crippen molar-refractivity contribution in [1.82, 2.24) is 16.0 Å². The highest BCUT2D eigenvalue weighted by atomic mass is 15.7. The maximum Gasteiger partial charge on any atom is 0.229 e. The molecule has 0 saturated carbocycles. The lowest BCUT2D eigenvalue weighted by atomic mass is 11.0. The summed E-state index contributed by atoms with van der Waals surface area (Å²) >= 11 is 0. The summed E-state index contributed by atoms with van der Waals surface area (Å²) in [6.07, 6.45) is 2.95. The Morgan fingerprint density at radius 2 is 1.80 bits per heavy atom. The van der Waals surface area contributed by atoms with Gasteiger partial charge in [0.25, 0.3) is 0 Å². The van der Waals surface area contributed by atoms with E-state index >= 15 is 0 Å². The van der Waals surface area contributed by atoms with E-state index in [0.717, 1.165) is 0 Å². The first-order chi connectivity index (χ1) is 4.72. The first-order valence-electron chi connectivity index (χ1n) is 2.16. The van der Waals surface area contributed by atoms with Gasteiger partial charge in [0, 0.05) is 0 Å². The van der Waals surface area contributed by atoms with E-state index in [2.05, 4.69) is 0 Å². The number of hydrazine groups is 2. The molecule has 0 amide bonds.